The summed E-state index contributed by atoms with van der Waals surface area (Å²) in [4.78, 5) is 14.5. The molecule has 0 fully saturated rings. The first kappa shape index (κ1) is 17.3. The Bertz CT molecular complexity index is 1050. The molecule has 3 nitrogen and oxygen atoms in total. The number of carboxylic acid groups (broad SMARTS) is 1. The van der Waals surface area contributed by atoms with Crippen LogP contribution in [-0.2, 0) is 0 Å². The zero-order valence-electron chi connectivity index (χ0n) is 16.0. The third-order valence-electron chi connectivity index (χ3n) is 7.31. The Morgan fingerprint density at radius 2 is 1.69 bits per heavy atom. The first-order valence-corrected chi connectivity index (χ1v) is 10.8. The standard InChI is InChI=1S/C25H22ClNO2/c26-17-9-7-14(8-10-17)23-20-6-2-5-19(20)22-12-16(25(28)29)11-21-18-4-1-3-15(18)13-27(23)24(21)22/h1-2,4-5,7-12,15,18-20,23H,3,6,13H2,(H,28,29)/t15-,18+,19+,20+,23-/m1/s1. The van der Waals surface area contributed by atoms with Crippen LogP contribution in [0.15, 0.2) is 60.7 Å². The average Bonchev–Trinajstić information content (AvgIpc) is 3.38. The molecular weight excluding hydrogens is 382 g/mol. The molecule has 4 aliphatic rings. The zero-order chi connectivity index (χ0) is 19.7. The van der Waals surface area contributed by atoms with Crippen molar-refractivity contribution in [2.75, 3.05) is 11.4 Å². The van der Waals surface area contributed by atoms with E-state index in [0.29, 0.717) is 23.3 Å². The van der Waals surface area contributed by atoms with E-state index in [1.165, 1.54) is 22.4 Å². The third kappa shape index (κ3) is 2.47. The lowest BCUT2D eigenvalue weighted by Gasteiger charge is -2.51. The molecule has 1 N–H and O–H groups in total. The van der Waals surface area contributed by atoms with E-state index in [2.05, 4.69) is 41.3 Å². The van der Waals surface area contributed by atoms with Gasteiger partial charge in [0, 0.05) is 29.1 Å². The fourth-order valence-corrected chi connectivity index (χ4v) is 6.26. The van der Waals surface area contributed by atoms with Gasteiger partial charge in [0.2, 0.25) is 0 Å². The molecule has 2 aliphatic carbocycles. The van der Waals surface area contributed by atoms with Crippen molar-refractivity contribution in [3.05, 3.63) is 88.0 Å². The minimum atomic E-state index is -0.835. The highest BCUT2D eigenvalue weighted by molar-refractivity contribution is 6.30. The highest BCUT2D eigenvalue weighted by Gasteiger charge is 2.48. The van der Waals surface area contributed by atoms with Gasteiger partial charge in [-0.05, 0) is 65.6 Å². The van der Waals surface area contributed by atoms with Gasteiger partial charge in [-0.2, -0.15) is 0 Å². The average molecular weight is 404 g/mol. The van der Waals surface area contributed by atoms with Gasteiger partial charge in [-0.25, -0.2) is 4.79 Å². The second-order valence-electron chi connectivity index (χ2n) is 8.76. The summed E-state index contributed by atoms with van der Waals surface area (Å²) >= 11 is 6.18. The molecule has 0 saturated heterocycles. The quantitative estimate of drug-likeness (QED) is 0.631. The Kier molecular flexibility index (Phi) is 3.73. The highest BCUT2D eigenvalue weighted by atomic mass is 35.5. The van der Waals surface area contributed by atoms with Gasteiger partial charge in [0.15, 0.2) is 0 Å². The summed E-state index contributed by atoms with van der Waals surface area (Å²) in [7, 11) is 0. The second kappa shape index (κ2) is 6.24. The minimum Gasteiger partial charge on any atom is -0.478 e. The predicted octanol–water partition coefficient (Wildman–Crippen LogP) is 5.93. The molecule has 2 heterocycles. The molecule has 0 radical (unpaired) electrons. The molecule has 0 spiro atoms. The lowest BCUT2D eigenvalue weighted by atomic mass is 9.70. The van der Waals surface area contributed by atoms with Crippen LogP contribution in [0, 0.1) is 11.8 Å². The van der Waals surface area contributed by atoms with Crippen molar-refractivity contribution in [1.29, 1.82) is 0 Å². The molecule has 0 aromatic heterocycles. The summed E-state index contributed by atoms with van der Waals surface area (Å²) in [6, 6.07) is 12.5. The summed E-state index contributed by atoms with van der Waals surface area (Å²) < 4.78 is 0. The molecule has 2 aromatic rings. The fraction of sp³-hybridized carbons (Fsp3) is 0.320. The molecule has 0 unspecified atom stereocenters. The second-order valence-corrected chi connectivity index (χ2v) is 9.20. The Morgan fingerprint density at radius 1 is 1.00 bits per heavy atom. The molecule has 0 bridgehead atoms. The van der Waals surface area contributed by atoms with Gasteiger partial charge in [-0.15, -0.1) is 0 Å². The first-order chi connectivity index (χ1) is 14.1. The SMILES string of the molecule is O=C(O)c1cc2c3c(c1)[C@H]1C=CC[C@@H]1[C@@H](c1ccc(Cl)cc1)N3C[C@H]1CC=C[C@H]21. The van der Waals surface area contributed by atoms with Crippen LogP contribution >= 0.6 is 11.6 Å². The number of carbonyl (C=O) groups is 1. The molecule has 0 saturated carbocycles. The zero-order valence-corrected chi connectivity index (χ0v) is 16.7. The number of halogens is 1. The van der Waals surface area contributed by atoms with Crippen molar-refractivity contribution in [1.82, 2.24) is 0 Å². The molecule has 6 rings (SSSR count). The van der Waals surface area contributed by atoms with Gasteiger partial charge >= 0.3 is 5.97 Å². The van der Waals surface area contributed by atoms with Crippen LogP contribution in [0.25, 0.3) is 0 Å². The van der Waals surface area contributed by atoms with Crippen LogP contribution < -0.4 is 4.90 Å². The molecule has 5 atom stereocenters. The Balaban J connectivity index is 1.59. The number of benzene rings is 2. The van der Waals surface area contributed by atoms with E-state index in [1.54, 1.807) is 0 Å². The Labute approximate surface area is 175 Å². The van der Waals surface area contributed by atoms with Crippen molar-refractivity contribution in [2.24, 2.45) is 11.8 Å². The minimum absolute atomic E-state index is 0.266. The fourth-order valence-electron chi connectivity index (χ4n) is 6.14. The Hall–Kier alpha value is -2.52. The van der Waals surface area contributed by atoms with Gasteiger partial charge in [0.05, 0.1) is 11.6 Å². The van der Waals surface area contributed by atoms with Crippen LogP contribution in [-0.4, -0.2) is 17.6 Å². The number of carboxylic acids is 1. The summed E-state index contributed by atoms with van der Waals surface area (Å²) in [6.45, 7) is 1.01. The molecular formula is C25H22ClNO2. The topological polar surface area (TPSA) is 40.5 Å². The van der Waals surface area contributed by atoms with Crippen LogP contribution in [0.3, 0.4) is 0 Å². The van der Waals surface area contributed by atoms with Crippen molar-refractivity contribution in [3.8, 4) is 0 Å². The van der Waals surface area contributed by atoms with Crippen LogP contribution in [0.1, 0.15) is 57.8 Å². The maximum Gasteiger partial charge on any atom is 0.335 e. The van der Waals surface area contributed by atoms with E-state index in [4.69, 9.17) is 11.6 Å². The van der Waals surface area contributed by atoms with Crippen LogP contribution in [0.4, 0.5) is 5.69 Å². The number of hydrogen-bond acceptors (Lipinski definition) is 2. The van der Waals surface area contributed by atoms with Gasteiger partial charge in [0.1, 0.15) is 0 Å². The number of allylic oxidation sites excluding steroid dienone is 4. The van der Waals surface area contributed by atoms with Crippen molar-refractivity contribution in [2.45, 2.75) is 30.7 Å². The van der Waals surface area contributed by atoms with E-state index in [-0.39, 0.29) is 12.0 Å². The lowest BCUT2D eigenvalue weighted by Crippen LogP contribution is -2.46. The van der Waals surface area contributed by atoms with E-state index in [1.807, 2.05) is 24.3 Å². The van der Waals surface area contributed by atoms with Gasteiger partial charge in [-0.1, -0.05) is 48.0 Å². The van der Waals surface area contributed by atoms with E-state index in [9.17, 15) is 9.90 Å². The third-order valence-corrected chi connectivity index (χ3v) is 7.56. The van der Waals surface area contributed by atoms with E-state index < -0.39 is 5.97 Å². The van der Waals surface area contributed by atoms with Crippen molar-refractivity contribution in [3.63, 3.8) is 0 Å². The predicted molar refractivity (Wildman–Crippen MR) is 115 cm³/mol. The summed E-state index contributed by atoms with van der Waals surface area (Å²) in [5.74, 6) is 0.693. The van der Waals surface area contributed by atoms with Crippen LogP contribution in [0.5, 0.6) is 0 Å². The monoisotopic (exact) mass is 403 g/mol. The normalized spacial score (nSPS) is 30.8. The largest absolute Gasteiger partial charge is 0.478 e. The molecule has 4 heteroatoms. The highest BCUT2D eigenvalue weighted by Crippen LogP contribution is 2.58. The number of hydrogen-bond donors (Lipinski definition) is 1. The summed E-state index contributed by atoms with van der Waals surface area (Å²) in [5.41, 5.74) is 5.39. The van der Waals surface area contributed by atoms with Gasteiger partial charge in [0.25, 0.3) is 0 Å². The molecule has 0 amide bonds. The first-order valence-electron chi connectivity index (χ1n) is 10.4. The molecule has 2 aromatic carbocycles. The summed E-state index contributed by atoms with van der Waals surface area (Å²) in [5, 5.41) is 10.5. The lowest BCUT2D eigenvalue weighted by molar-refractivity contribution is 0.0696. The molecule has 146 valence electrons. The van der Waals surface area contributed by atoms with Crippen molar-refractivity contribution >= 4 is 23.3 Å². The van der Waals surface area contributed by atoms with E-state index in [0.717, 1.165) is 24.4 Å². The molecule has 29 heavy (non-hydrogen) atoms. The maximum absolute atomic E-state index is 11.9. The summed E-state index contributed by atoms with van der Waals surface area (Å²) in [6.07, 6.45) is 11.2. The van der Waals surface area contributed by atoms with Crippen LogP contribution in [0.2, 0.25) is 5.02 Å². The smallest absolute Gasteiger partial charge is 0.335 e. The molecule has 2 aliphatic heterocycles. The van der Waals surface area contributed by atoms with Gasteiger partial charge in [-0.3, -0.25) is 0 Å². The number of nitrogens with zero attached hydrogens (tertiary/aromatic N) is 1. The van der Waals surface area contributed by atoms with E-state index >= 15 is 0 Å². The van der Waals surface area contributed by atoms with Gasteiger partial charge < -0.3 is 10.0 Å². The Morgan fingerprint density at radius 3 is 2.45 bits per heavy atom. The maximum atomic E-state index is 11.9. The van der Waals surface area contributed by atoms with Crippen molar-refractivity contribution < 1.29 is 9.90 Å². The number of aromatic carboxylic acids is 1. The number of rotatable bonds is 2. The number of anilines is 1. The number of fused-ring (bicyclic) bond motifs is 4.